The molecule has 0 bridgehead atoms. The number of hydrogen-bond acceptors (Lipinski definition) is 5. The van der Waals surface area contributed by atoms with Crippen LogP contribution >= 0.6 is 0 Å². The van der Waals surface area contributed by atoms with Crippen molar-refractivity contribution in [3.8, 4) is 0 Å². The summed E-state index contributed by atoms with van der Waals surface area (Å²) in [6.07, 6.45) is 0.505. The molecule has 0 radical (unpaired) electrons. The van der Waals surface area contributed by atoms with Gasteiger partial charge in [0.15, 0.2) is 0 Å². The molecule has 2 rings (SSSR count). The predicted octanol–water partition coefficient (Wildman–Crippen LogP) is 1.45. The van der Waals surface area contributed by atoms with Crippen LogP contribution in [0.15, 0.2) is 34.9 Å². The molecule has 0 saturated carbocycles. The number of rotatable bonds is 3. The molecule has 0 amide bonds. The number of carbonyl (C=O) groups is 1. The zero-order valence-electron chi connectivity index (χ0n) is 8.71. The quantitative estimate of drug-likeness (QED) is 0.729. The maximum absolute atomic E-state index is 11.1. The van der Waals surface area contributed by atoms with Gasteiger partial charge >= 0.3 is 5.97 Å². The Labute approximate surface area is 92.0 Å². The van der Waals surface area contributed by atoms with Gasteiger partial charge in [-0.1, -0.05) is 30.3 Å². The van der Waals surface area contributed by atoms with Gasteiger partial charge in [-0.25, -0.2) is 4.79 Å². The molecular formula is C11H10N2O3. The summed E-state index contributed by atoms with van der Waals surface area (Å²) in [4.78, 5) is 15.0. The van der Waals surface area contributed by atoms with Gasteiger partial charge in [0, 0.05) is 0 Å². The van der Waals surface area contributed by atoms with Crippen LogP contribution in [0, 0.1) is 0 Å². The third-order valence-corrected chi connectivity index (χ3v) is 2.03. The first-order chi connectivity index (χ1) is 7.79. The Hall–Kier alpha value is -2.17. The van der Waals surface area contributed by atoms with Gasteiger partial charge in [-0.05, 0) is 10.7 Å². The Morgan fingerprint density at radius 3 is 2.81 bits per heavy atom. The first-order valence-corrected chi connectivity index (χ1v) is 4.74. The normalized spacial score (nSPS) is 10.1. The molecule has 0 saturated heterocycles. The van der Waals surface area contributed by atoms with Crippen LogP contribution in [0.4, 0.5) is 0 Å². The topological polar surface area (TPSA) is 65.2 Å². The maximum Gasteiger partial charge on any atom is 0.379 e. The number of esters is 1. The van der Waals surface area contributed by atoms with Crippen molar-refractivity contribution >= 4 is 5.97 Å². The number of benzene rings is 1. The lowest BCUT2D eigenvalue weighted by molar-refractivity contribution is 0.0583. The molecule has 0 aliphatic rings. The summed E-state index contributed by atoms with van der Waals surface area (Å²) in [5.74, 6) is -0.247. The predicted molar refractivity (Wildman–Crippen MR) is 54.9 cm³/mol. The summed E-state index contributed by atoms with van der Waals surface area (Å²) in [5.41, 5.74) is 1.04. The van der Waals surface area contributed by atoms with E-state index in [0.29, 0.717) is 12.3 Å². The van der Waals surface area contributed by atoms with Crippen molar-refractivity contribution in [3.05, 3.63) is 47.6 Å². The van der Waals surface area contributed by atoms with Crippen molar-refractivity contribution in [1.82, 2.24) is 10.1 Å². The molecule has 0 aliphatic heterocycles. The second-order valence-electron chi connectivity index (χ2n) is 3.17. The fourth-order valence-electron chi connectivity index (χ4n) is 1.27. The number of methoxy groups -OCH3 is 1. The molecular weight excluding hydrogens is 208 g/mol. The van der Waals surface area contributed by atoms with Gasteiger partial charge in [0.1, 0.15) is 0 Å². The molecule has 0 fully saturated rings. The second kappa shape index (κ2) is 4.57. The molecule has 2 aromatic rings. The molecule has 82 valence electrons. The fraction of sp³-hybridized carbons (Fsp3) is 0.182. The van der Waals surface area contributed by atoms with Crippen LogP contribution in [0.3, 0.4) is 0 Å². The van der Waals surface area contributed by atoms with Gasteiger partial charge in [-0.3, -0.25) is 0 Å². The number of aromatic nitrogens is 2. The van der Waals surface area contributed by atoms with Gasteiger partial charge in [0.05, 0.1) is 13.5 Å². The van der Waals surface area contributed by atoms with E-state index in [1.54, 1.807) is 0 Å². The molecule has 1 aromatic heterocycles. The molecule has 0 aliphatic carbocycles. The summed E-state index contributed by atoms with van der Waals surface area (Å²) >= 11 is 0. The van der Waals surface area contributed by atoms with Crippen LogP contribution in [0.5, 0.6) is 0 Å². The highest BCUT2D eigenvalue weighted by Gasteiger charge is 2.14. The lowest BCUT2D eigenvalue weighted by atomic mass is 10.1. The highest BCUT2D eigenvalue weighted by molar-refractivity contribution is 5.84. The number of nitrogens with zero attached hydrogens (tertiary/aromatic N) is 2. The van der Waals surface area contributed by atoms with Gasteiger partial charge in [-0.15, -0.1) is 0 Å². The van der Waals surface area contributed by atoms with Crippen LogP contribution < -0.4 is 0 Å². The maximum atomic E-state index is 11.1. The third kappa shape index (κ3) is 2.25. The van der Waals surface area contributed by atoms with Crippen molar-refractivity contribution in [2.45, 2.75) is 6.42 Å². The van der Waals surface area contributed by atoms with E-state index in [9.17, 15) is 4.79 Å². The largest absolute Gasteiger partial charge is 0.463 e. The van der Waals surface area contributed by atoms with Crippen LogP contribution in [-0.2, 0) is 11.2 Å². The minimum atomic E-state index is -0.594. The molecule has 0 atom stereocenters. The summed E-state index contributed by atoms with van der Waals surface area (Å²) in [6, 6.07) is 9.67. The van der Waals surface area contributed by atoms with Crippen LogP contribution in [0.25, 0.3) is 0 Å². The molecule has 1 heterocycles. The molecule has 0 spiro atoms. The summed E-state index contributed by atoms with van der Waals surface area (Å²) in [5, 5.41) is 3.52. The minimum Gasteiger partial charge on any atom is -0.463 e. The van der Waals surface area contributed by atoms with E-state index in [1.165, 1.54) is 7.11 Å². The highest BCUT2D eigenvalue weighted by Crippen LogP contribution is 2.07. The van der Waals surface area contributed by atoms with Crippen LogP contribution in [-0.4, -0.2) is 23.2 Å². The van der Waals surface area contributed by atoms with E-state index in [0.717, 1.165) is 5.56 Å². The lowest BCUT2D eigenvalue weighted by Crippen LogP contribution is -2.03. The Morgan fingerprint density at radius 2 is 2.12 bits per heavy atom. The summed E-state index contributed by atoms with van der Waals surface area (Å²) in [7, 11) is 1.27. The van der Waals surface area contributed by atoms with E-state index < -0.39 is 5.97 Å². The standard InChI is InChI=1S/C11H10N2O3/c1-15-11(14)10-12-9(16-13-10)7-8-5-3-2-4-6-8/h2-6H,7H2,1H3. The molecule has 0 unspecified atom stereocenters. The lowest BCUT2D eigenvalue weighted by Gasteiger charge is -1.93. The summed E-state index contributed by atoms with van der Waals surface area (Å²) in [6.45, 7) is 0. The molecule has 5 heteroatoms. The SMILES string of the molecule is COC(=O)c1noc(Cc2ccccc2)n1. The summed E-state index contributed by atoms with van der Waals surface area (Å²) < 4.78 is 9.41. The zero-order chi connectivity index (χ0) is 11.4. The first kappa shape index (κ1) is 10.4. The third-order valence-electron chi connectivity index (χ3n) is 2.03. The van der Waals surface area contributed by atoms with Crippen molar-refractivity contribution in [2.24, 2.45) is 0 Å². The molecule has 1 aromatic carbocycles. The number of carbonyl (C=O) groups excluding carboxylic acids is 1. The average molecular weight is 218 g/mol. The number of ether oxygens (including phenoxy) is 1. The Balaban J connectivity index is 2.12. The highest BCUT2D eigenvalue weighted by atomic mass is 16.5. The van der Waals surface area contributed by atoms with Crippen LogP contribution in [0.2, 0.25) is 0 Å². The molecule has 16 heavy (non-hydrogen) atoms. The van der Waals surface area contributed by atoms with Crippen LogP contribution in [0.1, 0.15) is 22.1 Å². The first-order valence-electron chi connectivity index (χ1n) is 4.74. The van der Waals surface area contributed by atoms with E-state index in [1.807, 2.05) is 30.3 Å². The molecule has 0 N–H and O–H groups in total. The average Bonchev–Trinajstić information content (AvgIpc) is 2.78. The van der Waals surface area contributed by atoms with E-state index >= 15 is 0 Å². The van der Waals surface area contributed by atoms with E-state index in [-0.39, 0.29) is 5.82 Å². The van der Waals surface area contributed by atoms with Gasteiger partial charge in [0.2, 0.25) is 5.89 Å². The number of hydrogen-bond donors (Lipinski definition) is 0. The fourth-order valence-corrected chi connectivity index (χ4v) is 1.27. The van der Waals surface area contributed by atoms with Crippen molar-refractivity contribution in [2.75, 3.05) is 7.11 Å². The monoisotopic (exact) mass is 218 g/mol. The Bertz CT molecular complexity index is 479. The smallest absolute Gasteiger partial charge is 0.379 e. The van der Waals surface area contributed by atoms with E-state index in [4.69, 9.17) is 4.52 Å². The minimum absolute atomic E-state index is 0.0477. The molecule has 5 nitrogen and oxygen atoms in total. The van der Waals surface area contributed by atoms with Gasteiger partial charge in [0.25, 0.3) is 5.82 Å². The second-order valence-corrected chi connectivity index (χ2v) is 3.17. The Kier molecular flexibility index (Phi) is 2.95. The van der Waals surface area contributed by atoms with E-state index in [2.05, 4.69) is 14.9 Å². The van der Waals surface area contributed by atoms with Crippen molar-refractivity contribution < 1.29 is 14.1 Å². The van der Waals surface area contributed by atoms with Gasteiger partial charge in [-0.2, -0.15) is 4.98 Å². The van der Waals surface area contributed by atoms with Gasteiger partial charge < -0.3 is 9.26 Å². The van der Waals surface area contributed by atoms with Crippen molar-refractivity contribution in [3.63, 3.8) is 0 Å². The Morgan fingerprint density at radius 1 is 1.38 bits per heavy atom. The van der Waals surface area contributed by atoms with Crippen molar-refractivity contribution in [1.29, 1.82) is 0 Å². The zero-order valence-corrected chi connectivity index (χ0v) is 8.71.